The maximum absolute atomic E-state index is 13.5. The number of amides is 3. The van der Waals surface area contributed by atoms with E-state index in [1.165, 1.54) is 24.3 Å². The number of rotatable bonds is 3. The molecule has 1 heterocycles. The van der Waals surface area contributed by atoms with E-state index in [0.717, 1.165) is 10.2 Å². The highest BCUT2D eigenvalue weighted by molar-refractivity contribution is 7.22. The number of aromatic nitrogens is 1. The minimum Gasteiger partial charge on any atom is -0.308 e. The summed E-state index contributed by atoms with van der Waals surface area (Å²) in [6.07, 6.45) is 0. The summed E-state index contributed by atoms with van der Waals surface area (Å²) in [4.78, 5) is 27.4. The minimum atomic E-state index is -0.478. The molecule has 0 saturated carbocycles. The Bertz CT molecular complexity index is 970. The zero-order chi connectivity index (χ0) is 18.0. The molecule has 0 fully saturated rings. The SMILES string of the molecule is CC(=O)Nc1nc2ccc(NC(=O)Nc3ccc(C)c(F)c3)cc2s1. The normalized spacial score (nSPS) is 10.5. The third-order valence-electron chi connectivity index (χ3n) is 3.36. The van der Waals surface area contributed by atoms with Gasteiger partial charge in [-0.1, -0.05) is 17.4 Å². The summed E-state index contributed by atoms with van der Waals surface area (Å²) in [5, 5.41) is 8.39. The van der Waals surface area contributed by atoms with Gasteiger partial charge < -0.3 is 16.0 Å². The van der Waals surface area contributed by atoms with Gasteiger partial charge in [0.2, 0.25) is 5.91 Å². The standard InChI is InChI=1S/C17H15FN4O2S/c1-9-3-4-11(7-13(9)18)20-16(24)21-12-5-6-14-15(8-12)25-17(22-14)19-10(2)23/h3-8H,1-2H3,(H,19,22,23)(H2,20,21,24). The summed E-state index contributed by atoms with van der Waals surface area (Å²) in [5.41, 5.74) is 2.17. The van der Waals surface area contributed by atoms with Gasteiger partial charge in [0.1, 0.15) is 5.82 Å². The lowest BCUT2D eigenvalue weighted by atomic mass is 10.2. The first-order chi connectivity index (χ1) is 11.9. The predicted molar refractivity (Wildman–Crippen MR) is 97.7 cm³/mol. The van der Waals surface area contributed by atoms with Crippen LogP contribution in [0, 0.1) is 12.7 Å². The quantitative estimate of drug-likeness (QED) is 0.651. The second-order valence-electron chi connectivity index (χ2n) is 5.43. The van der Waals surface area contributed by atoms with E-state index in [0.29, 0.717) is 22.1 Å². The van der Waals surface area contributed by atoms with Crippen molar-refractivity contribution < 1.29 is 14.0 Å². The van der Waals surface area contributed by atoms with Crippen LogP contribution in [0.25, 0.3) is 10.2 Å². The molecule has 0 bridgehead atoms. The molecule has 6 nitrogen and oxygen atoms in total. The van der Waals surface area contributed by atoms with Crippen molar-refractivity contribution in [3.05, 3.63) is 47.8 Å². The Balaban J connectivity index is 1.72. The molecule has 3 amide bonds. The first kappa shape index (κ1) is 16.8. The van der Waals surface area contributed by atoms with Crippen LogP contribution in [-0.2, 0) is 4.79 Å². The van der Waals surface area contributed by atoms with E-state index in [9.17, 15) is 14.0 Å². The Morgan fingerprint density at radius 1 is 1.04 bits per heavy atom. The molecule has 3 rings (SSSR count). The average Bonchev–Trinajstić information content (AvgIpc) is 2.91. The fourth-order valence-corrected chi connectivity index (χ4v) is 3.12. The number of thiazole rings is 1. The van der Waals surface area contributed by atoms with Gasteiger partial charge in [-0.15, -0.1) is 0 Å². The lowest BCUT2D eigenvalue weighted by molar-refractivity contribution is -0.114. The number of nitrogens with one attached hydrogen (secondary N) is 3. The van der Waals surface area contributed by atoms with Gasteiger partial charge in [-0.25, -0.2) is 14.2 Å². The fraction of sp³-hybridized carbons (Fsp3) is 0.118. The van der Waals surface area contributed by atoms with Crippen molar-refractivity contribution in [3.63, 3.8) is 0 Å². The largest absolute Gasteiger partial charge is 0.323 e. The monoisotopic (exact) mass is 358 g/mol. The molecule has 128 valence electrons. The Morgan fingerprint density at radius 2 is 1.72 bits per heavy atom. The Hall–Kier alpha value is -3.00. The average molecular weight is 358 g/mol. The van der Waals surface area contributed by atoms with E-state index < -0.39 is 6.03 Å². The molecule has 2 aromatic carbocycles. The van der Waals surface area contributed by atoms with Crippen molar-refractivity contribution in [1.82, 2.24) is 4.98 Å². The molecule has 0 saturated heterocycles. The van der Waals surface area contributed by atoms with Crippen LogP contribution in [0.15, 0.2) is 36.4 Å². The molecule has 0 unspecified atom stereocenters. The smallest absolute Gasteiger partial charge is 0.308 e. The summed E-state index contributed by atoms with van der Waals surface area (Å²) in [7, 11) is 0. The molecule has 0 radical (unpaired) electrons. The van der Waals surface area contributed by atoms with Gasteiger partial charge in [-0.3, -0.25) is 4.79 Å². The second kappa shape index (κ2) is 6.86. The van der Waals surface area contributed by atoms with Crippen molar-refractivity contribution in [2.75, 3.05) is 16.0 Å². The number of halogens is 1. The van der Waals surface area contributed by atoms with Gasteiger partial charge in [0.15, 0.2) is 5.13 Å². The first-order valence-electron chi connectivity index (χ1n) is 7.43. The van der Waals surface area contributed by atoms with Crippen molar-refractivity contribution in [2.45, 2.75) is 13.8 Å². The van der Waals surface area contributed by atoms with E-state index >= 15 is 0 Å². The highest BCUT2D eigenvalue weighted by Gasteiger charge is 2.08. The van der Waals surface area contributed by atoms with Crippen molar-refractivity contribution >= 4 is 50.0 Å². The van der Waals surface area contributed by atoms with Crippen molar-refractivity contribution in [3.8, 4) is 0 Å². The number of anilines is 3. The molecule has 3 aromatic rings. The molecule has 0 atom stereocenters. The number of carbonyl (C=O) groups excluding carboxylic acids is 2. The summed E-state index contributed by atoms with van der Waals surface area (Å²) in [5.74, 6) is -0.573. The number of benzene rings is 2. The van der Waals surface area contributed by atoms with Gasteiger partial charge in [-0.2, -0.15) is 0 Å². The van der Waals surface area contributed by atoms with Crippen molar-refractivity contribution in [1.29, 1.82) is 0 Å². The second-order valence-corrected chi connectivity index (χ2v) is 6.46. The molecule has 0 aliphatic heterocycles. The first-order valence-corrected chi connectivity index (χ1v) is 8.25. The molecular weight excluding hydrogens is 343 g/mol. The van der Waals surface area contributed by atoms with Crippen LogP contribution in [0.2, 0.25) is 0 Å². The maximum Gasteiger partial charge on any atom is 0.323 e. The number of hydrogen-bond donors (Lipinski definition) is 3. The van der Waals surface area contributed by atoms with E-state index in [1.54, 1.807) is 37.3 Å². The van der Waals surface area contributed by atoms with Crippen molar-refractivity contribution in [2.24, 2.45) is 0 Å². The lowest BCUT2D eigenvalue weighted by Gasteiger charge is -2.08. The van der Waals surface area contributed by atoms with E-state index in [-0.39, 0.29) is 11.7 Å². The molecule has 0 spiro atoms. The zero-order valence-electron chi connectivity index (χ0n) is 13.5. The van der Waals surface area contributed by atoms with Gasteiger partial charge in [0.05, 0.1) is 10.2 Å². The summed E-state index contributed by atoms with van der Waals surface area (Å²) in [6, 6.07) is 9.22. The van der Waals surface area contributed by atoms with E-state index in [4.69, 9.17) is 0 Å². The van der Waals surface area contributed by atoms with Crippen LogP contribution in [0.3, 0.4) is 0 Å². The lowest BCUT2D eigenvalue weighted by Crippen LogP contribution is -2.19. The molecular formula is C17H15FN4O2S. The van der Waals surface area contributed by atoms with Gasteiger partial charge in [0, 0.05) is 18.3 Å². The van der Waals surface area contributed by atoms with Crippen LogP contribution in [-0.4, -0.2) is 16.9 Å². The van der Waals surface area contributed by atoms with Crippen LogP contribution >= 0.6 is 11.3 Å². The van der Waals surface area contributed by atoms with Crippen LogP contribution in [0.5, 0.6) is 0 Å². The van der Waals surface area contributed by atoms with Gasteiger partial charge >= 0.3 is 6.03 Å². The van der Waals surface area contributed by atoms with Crippen LogP contribution < -0.4 is 16.0 Å². The number of hydrogen-bond acceptors (Lipinski definition) is 4. The molecule has 0 aliphatic rings. The molecule has 3 N–H and O–H groups in total. The van der Waals surface area contributed by atoms with E-state index in [1.807, 2.05) is 0 Å². The maximum atomic E-state index is 13.5. The Morgan fingerprint density at radius 3 is 2.40 bits per heavy atom. The fourth-order valence-electron chi connectivity index (χ4n) is 2.17. The summed E-state index contributed by atoms with van der Waals surface area (Å²) in [6.45, 7) is 3.07. The molecule has 1 aromatic heterocycles. The number of urea groups is 1. The molecule has 8 heteroatoms. The number of nitrogens with zero attached hydrogens (tertiary/aromatic N) is 1. The predicted octanol–water partition coefficient (Wildman–Crippen LogP) is 4.35. The topological polar surface area (TPSA) is 83.1 Å². The highest BCUT2D eigenvalue weighted by atomic mass is 32.1. The van der Waals surface area contributed by atoms with Gasteiger partial charge in [0.25, 0.3) is 0 Å². The Labute approximate surface area is 147 Å². The summed E-state index contributed by atoms with van der Waals surface area (Å²) >= 11 is 1.31. The van der Waals surface area contributed by atoms with Crippen LogP contribution in [0.1, 0.15) is 12.5 Å². The highest BCUT2D eigenvalue weighted by Crippen LogP contribution is 2.28. The molecule has 25 heavy (non-hydrogen) atoms. The van der Waals surface area contributed by atoms with E-state index in [2.05, 4.69) is 20.9 Å². The Kier molecular flexibility index (Phi) is 4.62. The molecule has 0 aliphatic carbocycles. The minimum absolute atomic E-state index is 0.192. The third-order valence-corrected chi connectivity index (χ3v) is 4.29. The summed E-state index contributed by atoms with van der Waals surface area (Å²) < 4.78 is 14.3. The number of carbonyl (C=O) groups is 2. The third kappa shape index (κ3) is 4.10. The number of aryl methyl sites for hydroxylation is 1. The van der Waals surface area contributed by atoms with Gasteiger partial charge in [-0.05, 0) is 42.8 Å². The zero-order valence-corrected chi connectivity index (χ0v) is 14.3. The number of fused-ring (bicyclic) bond motifs is 1. The van der Waals surface area contributed by atoms with Crippen LogP contribution in [0.4, 0.5) is 25.7 Å².